The molecule has 7 heteroatoms. The lowest BCUT2D eigenvalue weighted by atomic mass is 10.3. The van der Waals surface area contributed by atoms with E-state index in [1.165, 1.54) is 0 Å². The van der Waals surface area contributed by atoms with Crippen LogP contribution in [0, 0.1) is 0 Å². The van der Waals surface area contributed by atoms with Gasteiger partial charge < -0.3 is 4.74 Å². The number of ether oxygens (including phenoxy) is 1. The molecule has 1 N–H and O–H groups in total. The Morgan fingerprint density at radius 2 is 1.94 bits per heavy atom. The van der Waals surface area contributed by atoms with Crippen LogP contribution in [0.25, 0.3) is 0 Å². The van der Waals surface area contributed by atoms with Crippen LogP contribution in [0.1, 0.15) is 6.92 Å². The highest BCUT2D eigenvalue weighted by atomic mass is 35.5. The van der Waals surface area contributed by atoms with Crippen molar-refractivity contribution in [3.63, 3.8) is 0 Å². The predicted molar refractivity (Wildman–Crippen MR) is 70.0 cm³/mol. The first-order chi connectivity index (χ1) is 8.02. The molecule has 4 nitrogen and oxygen atoms in total. The van der Waals surface area contributed by atoms with Crippen molar-refractivity contribution in [1.29, 1.82) is 0 Å². The summed E-state index contributed by atoms with van der Waals surface area (Å²) >= 11 is 17.1. The van der Waals surface area contributed by atoms with E-state index in [0.29, 0.717) is 15.7 Å². The molecule has 0 saturated carbocycles. The molecule has 0 aliphatic carbocycles. The van der Waals surface area contributed by atoms with Crippen LogP contribution in [0.5, 0.6) is 0 Å². The number of hydrazone groups is 1. The Bertz CT molecular complexity index is 429. The smallest absolute Gasteiger partial charge is 0.370 e. The average molecular weight is 296 g/mol. The number of carbonyl (C=O) groups excluding carboxylic acids is 1. The minimum absolute atomic E-state index is 0.230. The largest absolute Gasteiger partial charge is 0.461 e. The molecule has 17 heavy (non-hydrogen) atoms. The third-order valence-electron chi connectivity index (χ3n) is 1.59. The van der Waals surface area contributed by atoms with Gasteiger partial charge in [-0.25, -0.2) is 4.79 Å². The maximum atomic E-state index is 11.1. The fourth-order valence-corrected chi connectivity index (χ4v) is 1.59. The zero-order valence-electron chi connectivity index (χ0n) is 8.84. The quantitative estimate of drug-likeness (QED) is 0.525. The van der Waals surface area contributed by atoms with Gasteiger partial charge in [-0.3, -0.25) is 5.43 Å². The number of nitrogens with zero attached hydrogens (tertiary/aromatic N) is 1. The summed E-state index contributed by atoms with van der Waals surface area (Å²) in [6.45, 7) is 1.90. The molecule has 0 aliphatic heterocycles. The van der Waals surface area contributed by atoms with Crippen LogP contribution in [0.3, 0.4) is 0 Å². The van der Waals surface area contributed by atoms with Gasteiger partial charge in [0.05, 0.1) is 12.3 Å². The van der Waals surface area contributed by atoms with Gasteiger partial charge in [-0.1, -0.05) is 34.8 Å². The van der Waals surface area contributed by atoms with Crippen LogP contribution in [0.15, 0.2) is 23.3 Å². The second kappa shape index (κ2) is 6.69. The van der Waals surface area contributed by atoms with Gasteiger partial charge >= 0.3 is 5.97 Å². The molecule has 0 heterocycles. The standard InChI is InChI=1S/C10H9Cl3N2O2/c1-2-17-10(16)9(13)15-14-8-4-6(11)3-7(12)5-8/h3-5,14H,2H2,1H3/b15-9-. The van der Waals surface area contributed by atoms with Crippen LogP contribution in [0.2, 0.25) is 10.0 Å². The minimum Gasteiger partial charge on any atom is -0.461 e. The van der Waals surface area contributed by atoms with Crippen molar-refractivity contribution in [2.75, 3.05) is 12.0 Å². The number of nitrogens with one attached hydrogen (secondary N) is 1. The van der Waals surface area contributed by atoms with Crippen molar-refractivity contribution in [2.24, 2.45) is 5.10 Å². The molecule has 0 spiro atoms. The number of halogens is 3. The van der Waals surface area contributed by atoms with Crippen LogP contribution in [-0.2, 0) is 9.53 Å². The maximum absolute atomic E-state index is 11.1. The number of carbonyl (C=O) groups is 1. The molecule has 92 valence electrons. The summed E-state index contributed by atoms with van der Waals surface area (Å²) in [4.78, 5) is 11.1. The number of hydrogen-bond donors (Lipinski definition) is 1. The summed E-state index contributed by atoms with van der Waals surface area (Å²) in [5, 5.41) is 4.23. The zero-order valence-corrected chi connectivity index (χ0v) is 11.1. The molecular weight excluding hydrogens is 286 g/mol. The van der Waals surface area contributed by atoms with Gasteiger partial charge in [0.2, 0.25) is 5.17 Å². The molecule has 0 radical (unpaired) electrons. The van der Waals surface area contributed by atoms with Crippen molar-refractivity contribution in [2.45, 2.75) is 6.92 Å². The molecule has 0 fully saturated rings. The molecule has 0 aromatic heterocycles. The first-order valence-corrected chi connectivity index (χ1v) is 5.78. The van der Waals surface area contributed by atoms with E-state index in [1.807, 2.05) is 0 Å². The second-order valence-corrected chi connectivity index (χ2v) is 4.12. The fraction of sp³-hybridized carbons (Fsp3) is 0.200. The van der Waals surface area contributed by atoms with Gasteiger partial charge in [-0.05, 0) is 25.1 Å². The summed E-state index contributed by atoms with van der Waals surface area (Å²) in [6.07, 6.45) is 0. The normalized spacial score (nSPS) is 11.2. The lowest BCUT2D eigenvalue weighted by molar-refractivity contribution is -0.134. The van der Waals surface area contributed by atoms with E-state index in [2.05, 4.69) is 15.3 Å². The highest BCUT2D eigenvalue weighted by molar-refractivity contribution is 6.82. The van der Waals surface area contributed by atoms with Crippen LogP contribution >= 0.6 is 34.8 Å². The lowest BCUT2D eigenvalue weighted by Gasteiger charge is -2.03. The maximum Gasteiger partial charge on any atom is 0.370 e. The van der Waals surface area contributed by atoms with Gasteiger partial charge in [0.1, 0.15) is 0 Å². The summed E-state index contributed by atoms with van der Waals surface area (Å²) in [7, 11) is 0. The number of hydrogen-bond acceptors (Lipinski definition) is 4. The molecule has 0 atom stereocenters. The van der Waals surface area contributed by atoms with E-state index < -0.39 is 5.97 Å². The zero-order chi connectivity index (χ0) is 12.8. The molecule has 0 saturated heterocycles. The van der Waals surface area contributed by atoms with Crippen LogP contribution < -0.4 is 5.43 Å². The third kappa shape index (κ3) is 4.81. The van der Waals surface area contributed by atoms with Gasteiger partial charge in [0, 0.05) is 10.0 Å². The highest BCUT2D eigenvalue weighted by Crippen LogP contribution is 2.22. The number of benzene rings is 1. The molecular formula is C10H9Cl3N2O2. The molecule has 0 unspecified atom stereocenters. The Balaban J connectivity index is 2.71. The first kappa shape index (κ1) is 14.1. The summed E-state index contributed by atoms with van der Waals surface area (Å²) in [5.74, 6) is -0.699. The van der Waals surface area contributed by atoms with Crippen molar-refractivity contribution < 1.29 is 9.53 Å². The van der Waals surface area contributed by atoms with Crippen LogP contribution in [-0.4, -0.2) is 17.7 Å². The third-order valence-corrected chi connectivity index (χ3v) is 2.26. The predicted octanol–water partition coefficient (Wildman–Crippen LogP) is 3.52. The Morgan fingerprint density at radius 1 is 1.35 bits per heavy atom. The average Bonchev–Trinajstić information content (AvgIpc) is 2.25. The van der Waals surface area contributed by atoms with E-state index in [4.69, 9.17) is 34.8 Å². The molecule has 1 aromatic rings. The van der Waals surface area contributed by atoms with Crippen molar-refractivity contribution in [3.05, 3.63) is 28.2 Å². The SMILES string of the molecule is CCOC(=O)/C(Cl)=N/Nc1cc(Cl)cc(Cl)c1. The minimum atomic E-state index is -0.699. The highest BCUT2D eigenvalue weighted by Gasteiger charge is 2.08. The summed E-state index contributed by atoms with van der Waals surface area (Å²) in [5.41, 5.74) is 3.07. The van der Waals surface area contributed by atoms with E-state index >= 15 is 0 Å². The molecule has 1 aromatic carbocycles. The molecule has 0 bridgehead atoms. The summed E-state index contributed by atoms with van der Waals surface area (Å²) in [6, 6.07) is 4.75. The van der Waals surface area contributed by atoms with E-state index in [1.54, 1.807) is 25.1 Å². The Hall–Kier alpha value is -0.970. The summed E-state index contributed by atoms with van der Waals surface area (Å²) < 4.78 is 4.65. The van der Waals surface area contributed by atoms with Crippen molar-refractivity contribution >= 4 is 51.6 Å². The van der Waals surface area contributed by atoms with E-state index in [9.17, 15) is 4.79 Å². The lowest BCUT2D eigenvalue weighted by Crippen LogP contribution is -2.13. The number of esters is 1. The van der Waals surface area contributed by atoms with Gasteiger partial charge in [-0.2, -0.15) is 5.10 Å². The molecule has 0 amide bonds. The number of anilines is 1. The van der Waals surface area contributed by atoms with Crippen molar-refractivity contribution in [3.8, 4) is 0 Å². The monoisotopic (exact) mass is 294 g/mol. The number of rotatable bonds is 4. The topological polar surface area (TPSA) is 50.7 Å². The Morgan fingerprint density at radius 3 is 2.47 bits per heavy atom. The first-order valence-electron chi connectivity index (χ1n) is 4.65. The fourth-order valence-electron chi connectivity index (χ4n) is 0.968. The van der Waals surface area contributed by atoms with Gasteiger partial charge in [0.25, 0.3) is 0 Å². The molecule has 0 aliphatic rings. The van der Waals surface area contributed by atoms with Gasteiger partial charge in [-0.15, -0.1) is 0 Å². The second-order valence-electron chi connectivity index (χ2n) is 2.89. The van der Waals surface area contributed by atoms with Crippen LogP contribution in [0.4, 0.5) is 5.69 Å². The van der Waals surface area contributed by atoms with E-state index in [-0.39, 0.29) is 11.8 Å². The molecule has 1 rings (SSSR count). The van der Waals surface area contributed by atoms with Crippen molar-refractivity contribution in [1.82, 2.24) is 0 Å². The van der Waals surface area contributed by atoms with E-state index in [0.717, 1.165) is 0 Å². The Labute approximate surface area is 113 Å². The van der Waals surface area contributed by atoms with Gasteiger partial charge in [0.15, 0.2) is 0 Å². The Kier molecular flexibility index (Phi) is 5.55.